The lowest BCUT2D eigenvalue weighted by atomic mass is 10.2. The second kappa shape index (κ2) is 9.32. The number of phenolic OH excluding ortho intramolecular Hbond substituents is 1. The molecular formula is C19H25FN6O2. The van der Waals surface area contributed by atoms with Crippen LogP contribution in [-0.2, 0) is 4.74 Å². The number of morpholine rings is 1. The molecule has 3 rings (SSSR count). The Hall–Kier alpha value is -2.94. The first kappa shape index (κ1) is 19.8. The number of nitrogens with one attached hydrogen (secondary N) is 1. The monoisotopic (exact) mass is 388 g/mol. The Kier molecular flexibility index (Phi) is 6.59. The minimum Gasteiger partial charge on any atom is -0.507 e. The first-order valence-electron chi connectivity index (χ1n) is 9.34. The summed E-state index contributed by atoms with van der Waals surface area (Å²) in [5.74, 6) is 0.0471. The van der Waals surface area contributed by atoms with Crippen molar-refractivity contribution in [3.63, 3.8) is 0 Å². The molecule has 0 spiro atoms. The van der Waals surface area contributed by atoms with Gasteiger partial charge >= 0.3 is 0 Å². The van der Waals surface area contributed by atoms with E-state index < -0.39 is 5.82 Å². The van der Waals surface area contributed by atoms with Crippen molar-refractivity contribution in [2.75, 3.05) is 54.6 Å². The third-order valence-corrected chi connectivity index (χ3v) is 4.55. The van der Waals surface area contributed by atoms with Gasteiger partial charge in [-0.3, -0.25) is 0 Å². The zero-order chi connectivity index (χ0) is 19.9. The van der Waals surface area contributed by atoms with Gasteiger partial charge in [0.1, 0.15) is 5.75 Å². The predicted molar refractivity (Wildman–Crippen MR) is 108 cm³/mol. The second-order valence-corrected chi connectivity index (χ2v) is 6.25. The first-order valence-corrected chi connectivity index (χ1v) is 9.34. The molecule has 2 heterocycles. The van der Waals surface area contributed by atoms with Gasteiger partial charge in [-0.25, -0.2) is 14.8 Å². The average Bonchev–Trinajstić information content (AvgIpc) is 2.72. The van der Waals surface area contributed by atoms with Crippen molar-refractivity contribution in [1.29, 1.82) is 0 Å². The maximum absolute atomic E-state index is 14.0. The highest BCUT2D eigenvalue weighted by molar-refractivity contribution is 5.84. The van der Waals surface area contributed by atoms with E-state index in [4.69, 9.17) is 4.74 Å². The van der Waals surface area contributed by atoms with Gasteiger partial charge in [-0.15, -0.1) is 0 Å². The van der Waals surface area contributed by atoms with Gasteiger partial charge in [-0.05, 0) is 26.0 Å². The molecule has 1 aliphatic rings. The molecule has 0 unspecified atom stereocenters. The lowest BCUT2D eigenvalue weighted by Gasteiger charge is -2.27. The summed E-state index contributed by atoms with van der Waals surface area (Å²) in [5, 5.41) is 14.3. The van der Waals surface area contributed by atoms with E-state index in [9.17, 15) is 9.50 Å². The summed E-state index contributed by atoms with van der Waals surface area (Å²) in [6.07, 6.45) is 2.59. The summed E-state index contributed by atoms with van der Waals surface area (Å²) in [5.41, 5.74) is 4.19. The molecule has 0 amide bonds. The summed E-state index contributed by atoms with van der Waals surface area (Å²) < 4.78 is 19.3. The van der Waals surface area contributed by atoms with Crippen LogP contribution in [0.25, 0.3) is 0 Å². The SMILES string of the molecule is CCN(CC)c1ccc(/C=N\Nc2ncc(F)c(N3CCOCC3)n2)c(O)c1. The Labute approximate surface area is 163 Å². The maximum Gasteiger partial charge on any atom is 0.245 e. The fourth-order valence-electron chi connectivity index (χ4n) is 3.00. The molecule has 0 radical (unpaired) electrons. The van der Waals surface area contributed by atoms with Crippen LogP contribution >= 0.6 is 0 Å². The van der Waals surface area contributed by atoms with Crippen molar-refractivity contribution in [1.82, 2.24) is 9.97 Å². The van der Waals surface area contributed by atoms with Crippen LogP contribution in [0.3, 0.4) is 0 Å². The summed E-state index contributed by atoms with van der Waals surface area (Å²) in [7, 11) is 0. The van der Waals surface area contributed by atoms with Crippen molar-refractivity contribution in [3.05, 3.63) is 35.8 Å². The predicted octanol–water partition coefficient (Wildman–Crippen LogP) is 2.45. The molecule has 2 N–H and O–H groups in total. The van der Waals surface area contributed by atoms with Crippen LogP contribution < -0.4 is 15.2 Å². The minimum absolute atomic E-state index is 0.129. The quantitative estimate of drug-likeness (QED) is 0.557. The number of aromatic nitrogens is 2. The van der Waals surface area contributed by atoms with Crippen molar-refractivity contribution in [2.24, 2.45) is 5.10 Å². The highest BCUT2D eigenvalue weighted by Crippen LogP contribution is 2.24. The number of halogens is 1. The largest absolute Gasteiger partial charge is 0.507 e. The molecule has 0 saturated carbocycles. The first-order chi connectivity index (χ1) is 13.6. The molecule has 8 nitrogen and oxygen atoms in total. The van der Waals surface area contributed by atoms with E-state index in [1.165, 1.54) is 6.21 Å². The Balaban J connectivity index is 1.69. The highest BCUT2D eigenvalue weighted by Gasteiger charge is 2.17. The number of aromatic hydroxyl groups is 1. The third kappa shape index (κ3) is 4.66. The van der Waals surface area contributed by atoms with Gasteiger partial charge in [0.2, 0.25) is 5.95 Å². The van der Waals surface area contributed by atoms with Gasteiger partial charge in [-0.1, -0.05) is 0 Å². The molecule has 1 aromatic carbocycles. The van der Waals surface area contributed by atoms with Crippen molar-refractivity contribution in [2.45, 2.75) is 13.8 Å². The molecule has 0 bridgehead atoms. The molecule has 9 heteroatoms. The lowest BCUT2D eigenvalue weighted by Crippen LogP contribution is -2.37. The number of ether oxygens (including phenoxy) is 1. The lowest BCUT2D eigenvalue weighted by molar-refractivity contribution is 0.122. The number of nitrogens with zero attached hydrogens (tertiary/aromatic N) is 5. The molecule has 1 fully saturated rings. The van der Waals surface area contributed by atoms with Crippen LogP contribution in [0.5, 0.6) is 5.75 Å². The molecular weight excluding hydrogens is 363 g/mol. The molecule has 1 aliphatic heterocycles. The fourth-order valence-corrected chi connectivity index (χ4v) is 3.00. The van der Waals surface area contributed by atoms with Gasteiger partial charge < -0.3 is 19.6 Å². The van der Waals surface area contributed by atoms with E-state index in [1.54, 1.807) is 12.1 Å². The van der Waals surface area contributed by atoms with E-state index in [0.717, 1.165) is 25.0 Å². The van der Waals surface area contributed by atoms with Gasteiger partial charge in [-0.2, -0.15) is 10.1 Å². The number of benzene rings is 1. The normalized spacial score (nSPS) is 14.5. The van der Waals surface area contributed by atoms with Crippen LogP contribution in [0.4, 0.5) is 21.8 Å². The van der Waals surface area contributed by atoms with Crippen LogP contribution in [0.1, 0.15) is 19.4 Å². The fraction of sp³-hybridized carbons (Fsp3) is 0.421. The average molecular weight is 388 g/mol. The van der Waals surface area contributed by atoms with Crippen LogP contribution in [0.2, 0.25) is 0 Å². The number of hydrogen-bond donors (Lipinski definition) is 2. The molecule has 1 aromatic heterocycles. The van der Waals surface area contributed by atoms with Crippen LogP contribution in [0.15, 0.2) is 29.5 Å². The Morgan fingerprint density at radius 2 is 2.07 bits per heavy atom. The van der Waals surface area contributed by atoms with E-state index in [0.29, 0.717) is 31.9 Å². The molecule has 1 saturated heterocycles. The number of phenols is 1. The summed E-state index contributed by atoms with van der Waals surface area (Å²) in [4.78, 5) is 12.1. The van der Waals surface area contributed by atoms with Gasteiger partial charge in [0.15, 0.2) is 11.6 Å². The van der Waals surface area contributed by atoms with Crippen LogP contribution in [-0.4, -0.2) is 60.7 Å². The van der Waals surface area contributed by atoms with Gasteiger partial charge in [0.25, 0.3) is 0 Å². The van der Waals surface area contributed by atoms with E-state index >= 15 is 0 Å². The molecule has 2 aromatic rings. The van der Waals surface area contributed by atoms with E-state index in [2.05, 4.69) is 39.2 Å². The number of hydrazone groups is 1. The number of hydrogen-bond acceptors (Lipinski definition) is 8. The third-order valence-electron chi connectivity index (χ3n) is 4.55. The minimum atomic E-state index is -0.485. The summed E-state index contributed by atoms with van der Waals surface area (Å²) in [6.45, 7) is 8.06. The summed E-state index contributed by atoms with van der Waals surface area (Å²) >= 11 is 0. The molecule has 150 valence electrons. The Morgan fingerprint density at radius 3 is 2.75 bits per heavy atom. The topological polar surface area (TPSA) is 86.1 Å². The van der Waals surface area contributed by atoms with Crippen LogP contribution in [0, 0.1) is 5.82 Å². The zero-order valence-electron chi connectivity index (χ0n) is 16.1. The van der Waals surface area contributed by atoms with Crippen molar-refractivity contribution < 1.29 is 14.2 Å². The van der Waals surface area contributed by atoms with Gasteiger partial charge in [0, 0.05) is 43.5 Å². The maximum atomic E-state index is 14.0. The van der Waals surface area contributed by atoms with E-state index in [1.807, 2.05) is 11.0 Å². The highest BCUT2D eigenvalue weighted by atomic mass is 19.1. The van der Waals surface area contributed by atoms with Crippen molar-refractivity contribution >= 4 is 23.7 Å². The molecule has 0 aliphatic carbocycles. The van der Waals surface area contributed by atoms with E-state index in [-0.39, 0.29) is 17.5 Å². The second-order valence-electron chi connectivity index (χ2n) is 6.25. The number of anilines is 3. The molecule has 0 atom stereocenters. The van der Waals surface area contributed by atoms with Crippen molar-refractivity contribution in [3.8, 4) is 5.75 Å². The Bertz CT molecular complexity index is 822. The molecule has 28 heavy (non-hydrogen) atoms. The smallest absolute Gasteiger partial charge is 0.245 e. The standard InChI is InChI=1S/C19H25FN6O2/c1-3-25(4-2)15-6-5-14(17(27)11-15)12-22-24-19-21-13-16(20)18(23-19)26-7-9-28-10-8-26/h5-6,11-13,27H,3-4,7-10H2,1-2H3,(H,21,23,24)/b22-12-. The number of rotatable bonds is 7. The zero-order valence-corrected chi connectivity index (χ0v) is 16.1. The summed E-state index contributed by atoms with van der Waals surface area (Å²) in [6, 6.07) is 5.43. The Morgan fingerprint density at radius 1 is 1.32 bits per heavy atom. The van der Waals surface area contributed by atoms with Gasteiger partial charge in [0.05, 0.1) is 25.6 Å².